The third-order valence-corrected chi connectivity index (χ3v) is 6.01. The van der Waals surface area contributed by atoms with E-state index in [1.807, 2.05) is 61.5 Å². The van der Waals surface area contributed by atoms with Crippen molar-refractivity contribution < 1.29 is 14.3 Å². The van der Waals surface area contributed by atoms with Gasteiger partial charge in [0.15, 0.2) is 0 Å². The molecule has 3 heteroatoms. The highest BCUT2D eigenvalue weighted by Gasteiger charge is 2.40. The first-order valence-corrected chi connectivity index (χ1v) is 10.8. The van der Waals surface area contributed by atoms with Crippen molar-refractivity contribution in [1.82, 2.24) is 0 Å². The van der Waals surface area contributed by atoms with Gasteiger partial charge in [-0.15, -0.1) is 0 Å². The molecule has 1 fully saturated rings. The quantitative estimate of drug-likeness (QED) is 0.283. The molecule has 30 heavy (non-hydrogen) atoms. The number of ether oxygens (including phenoxy) is 2. The van der Waals surface area contributed by atoms with Gasteiger partial charge in [-0.05, 0) is 61.4 Å². The molecule has 0 radical (unpaired) electrons. The zero-order valence-corrected chi connectivity index (χ0v) is 18.2. The van der Waals surface area contributed by atoms with Crippen LogP contribution in [0.4, 0.5) is 0 Å². The molecule has 3 rings (SSSR count). The van der Waals surface area contributed by atoms with Crippen LogP contribution in [-0.2, 0) is 14.9 Å². The first kappa shape index (κ1) is 21.9. The summed E-state index contributed by atoms with van der Waals surface area (Å²) in [5.41, 5.74) is 1.13. The van der Waals surface area contributed by atoms with Gasteiger partial charge in [0, 0.05) is 12.0 Å². The third-order valence-electron chi connectivity index (χ3n) is 6.01. The smallest absolute Gasteiger partial charge is 0.331 e. The molecule has 0 amide bonds. The molecule has 1 saturated carbocycles. The number of para-hydroxylation sites is 1. The highest BCUT2D eigenvalue weighted by atomic mass is 16.5. The lowest BCUT2D eigenvalue weighted by Crippen LogP contribution is -2.41. The van der Waals surface area contributed by atoms with Crippen LogP contribution in [0.1, 0.15) is 52.0 Å². The summed E-state index contributed by atoms with van der Waals surface area (Å²) < 4.78 is 11.8. The van der Waals surface area contributed by atoms with Crippen molar-refractivity contribution >= 4 is 5.97 Å². The van der Waals surface area contributed by atoms with Gasteiger partial charge in [-0.3, -0.25) is 0 Å². The summed E-state index contributed by atoms with van der Waals surface area (Å²) in [6.07, 6.45) is 11.2. The Kier molecular flexibility index (Phi) is 7.51. The molecule has 2 atom stereocenters. The summed E-state index contributed by atoms with van der Waals surface area (Å²) >= 11 is 0. The SMILES string of the molecule is C/C=C/C=C/C(=O)O[C@H]1CCCC[C@@H]1C(C)(C)c1ccc(Oc2ccccc2)cc1. The number of carbonyl (C=O) groups is 1. The van der Waals surface area contributed by atoms with Crippen LogP contribution in [0.2, 0.25) is 0 Å². The fourth-order valence-electron chi connectivity index (χ4n) is 4.29. The minimum absolute atomic E-state index is 0.0586. The molecule has 1 aliphatic carbocycles. The molecule has 2 aromatic carbocycles. The monoisotopic (exact) mass is 404 g/mol. The van der Waals surface area contributed by atoms with Gasteiger partial charge in [0.2, 0.25) is 0 Å². The normalized spacial score (nSPS) is 19.8. The summed E-state index contributed by atoms with van der Waals surface area (Å²) in [7, 11) is 0. The van der Waals surface area contributed by atoms with E-state index in [4.69, 9.17) is 9.47 Å². The topological polar surface area (TPSA) is 35.5 Å². The molecule has 0 spiro atoms. The average Bonchev–Trinajstić information content (AvgIpc) is 2.75. The van der Waals surface area contributed by atoms with Crippen LogP contribution in [-0.4, -0.2) is 12.1 Å². The van der Waals surface area contributed by atoms with E-state index >= 15 is 0 Å². The number of allylic oxidation sites excluding steroid dienone is 3. The standard InChI is InChI=1S/C27H32O3/c1-4-5-7-16-26(28)30-25-15-11-10-14-24(25)27(2,3)21-17-19-23(20-18-21)29-22-12-8-6-9-13-22/h4-9,12-13,16-20,24-25H,10-11,14-15H2,1-3H3/b5-4+,16-7+/t24-,25-/m0/s1. The Labute approximate surface area is 180 Å². The van der Waals surface area contributed by atoms with Crippen molar-refractivity contribution in [3.05, 3.63) is 84.5 Å². The molecule has 2 aromatic rings. The van der Waals surface area contributed by atoms with Gasteiger partial charge in [0.05, 0.1) is 0 Å². The zero-order valence-electron chi connectivity index (χ0n) is 18.2. The van der Waals surface area contributed by atoms with Gasteiger partial charge in [0.1, 0.15) is 17.6 Å². The summed E-state index contributed by atoms with van der Waals surface area (Å²) in [6.45, 7) is 6.44. The van der Waals surface area contributed by atoms with E-state index in [0.717, 1.165) is 30.8 Å². The van der Waals surface area contributed by atoms with E-state index in [2.05, 4.69) is 26.0 Å². The van der Waals surface area contributed by atoms with E-state index in [9.17, 15) is 4.79 Å². The predicted octanol–water partition coefficient (Wildman–Crippen LogP) is 6.99. The lowest BCUT2D eigenvalue weighted by atomic mass is 9.66. The second-order valence-electron chi connectivity index (χ2n) is 8.41. The molecule has 0 saturated heterocycles. The van der Waals surface area contributed by atoms with Crippen LogP contribution in [0.5, 0.6) is 11.5 Å². The molecule has 0 N–H and O–H groups in total. The molecule has 0 aromatic heterocycles. The van der Waals surface area contributed by atoms with Crippen molar-refractivity contribution in [2.75, 3.05) is 0 Å². The van der Waals surface area contributed by atoms with Crippen molar-refractivity contribution in [2.45, 2.75) is 58.0 Å². The molecular formula is C27H32O3. The average molecular weight is 405 g/mol. The van der Waals surface area contributed by atoms with Crippen LogP contribution < -0.4 is 4.74 Å². The number of esters is 1. The molecule has 158 valence electrons. The zero-order chi connectivity index (χ0) is 21.4. The number of rotatable bonds is 7. The molecule has 0 unspecified atom stereocenters. The Bertz CT molecular complexity index is 863. The Morgan fingerprint density at radius 2 is 1.60 bits per heavy atom. The number of hydrogen-bond donors (Lipinski definition) is 0. The summed E-state index contributed by atoms with van der Waals surface area (Å²) in [5, 5.41) is 0. The highest BCUT2D eigenvalue weighted by molar-refractivity contribution is 5.82. The maximum absolute atomic E-state index is 12.3. The number of benzene rings is 2. The Balaban J connectivity index is 1.72. The maximum Gasteiger partial charge on any atom is 0.331 e. The van der Waals surface area contributed by atoms with Gasteiger partial charge in [0.25, 0.3) is 0 Å². The first-order chi connectivity index (χ1) is 14.5. The molecule has 0 aliphatic heterocycles. The van der Waals surface area contributed by atoms with Crippen molar-refractivity contribution in [1.29, 1.82) is 0 Å². The van der Waals surface area contributed by atoms with E-state index < -0.39 is 0 Å². The minimum Gasteiger partial charge on any atom is -0.459 e. The maximum atomic E-state index is 12.3. The Morgan fingerprint density at radius 3 is 2.30 bits per heavy atom. The van der Waals surface area contributed by atoms with Gasteiger partial charge in [-0.25, -0.2) is 4.79 Å². The molecular weight excluding hydrogens is 372 g/mol. The first-order valence-electron chi connectivity index (χ1n) is 10.8. The van der Waals surface area contributed by atoms with Gasteiger partial charge < -0.3 is 9.47 Å². The van der Waals surface area contributed by atoms with Crippen molar-refractivity contribution in [3.8, 4) is 11.5 Å². The van der Waals surface area contributed by atoms with Crippen LogP contribution in [0.3, 0.4) is 0 Å². The van der Waals surface area contributed by atoms with Crippen LogP contribution in [0.25, 0.3) is 0 Å². The van der Waals surface area contributed by atoms with E-state index in [1.54, 1.807) is 6.08 Å². The molecule has 3 nitrogen and oxygen atoms in total. The third kappa shape index (κ3) is 5.63. The van der Waals surface area contributed by atoms with E-state index in [0.29, 0.717) is 0 Å². The van der Waals surface area contributed by atoms with Crippen molar-refractivity contribution in [3.63, 3.8) is 0 Å². The lowest BCUT2D eigenvalue weighted by Gasteiger charge is -2.42. The van der Waals surface area contributed by atoms with E-state index in [-0.39, 0.29) is 23.4 Å². The van der Waals surface area contributed by atoms with Crippen LogP contribution in [0.15, 0.2) is 78.9 Å². The Hall–Kier alpha value is -2.81. The second kappa shape index (κ2) is 10.3. The number of hydrogen-bond acceptors (Lipinski definition) is 3. The second-order valence-corrected chi connectivity index (χ2v) is 8.41. The lowest BCUT2D eigenvalue weighted by molar-refractivity contribution is -0.149. The molecule has 0 bridgehead atoms. The molecule has 0 heterocycles. The Morgan fingerprint density at radius 1 is 0.933 bits per heavy atom. The number of carbonyl (C=O) groups excluding carboxylic acids is 1. The van der Waals surface area contributed by atoms with Crippen LogP contribution in [0, 0.1) is 5.92 Å². The predicted molar refractivity (Wildman–Crippen MR) is 122 cm³/mol. The summed E-state index contributed by atoms with van der Waals surface area (Å²) in [5.74, 6) is 1.68. The largest absolute Gasteiger partial charge is 0.459 e. The fourth-order valence-corrected chi connectivity index (χ4v) is 4.29. The molecule has 1 aliphatic rings. The van der Waals surface area contributed by atoms with E-state index in [1.165, 1.54) is 18.1 Å². The van der Waals surface area contributed by atoms with Crippen LogP contribution >= 0.6 is 0 Å². The van der Waals surface area contributed by atoms with Gasteiger partial charge in [-0.2, -0.15) is 0 Å². The summed E-state index contributed by atoms with van der Waals surface area (Å²) in [4.78, 5) is 12.3. The minimum atomic E-state index is -0.257. The van der Waals surface area contributed by atoms with Gasteiger partial charge in [-0.1, -0.05) is 68.8 Å². The fraction of sp³-hybridized carbons (Fsp3) is 0.370. The van der Waals surface area contributed by atoms with Gasteiger partial charge >= 0.3 is 5.97 Å². The summed E-state index contributed by atoms with van der Waals surface area (Å²) in [6, 6.07) is 18.1. The highest BCUT2D eigenvalue weighted by Crippen LogP contribution is 2.42. The van der Waals surface area contributed by atoms with Crippen molar-refractivity contribution in [2.24, 2.45) is 5.92 Å².